The minimum absolute atomic E-state index is 0.206. The van der Waals surface area contributed by atoms with Crippen molar-refractivity contribution < 1.29 is 14.6 Å². The molecule has 21 heavy (non-hydrogen) atoms. The summed E-state index contributed by atoms with van der Waals surface area (Å²) in [6.07, 6.45) is 0. The van der Waals surface area contributed by atoms with Crippen LogP contribution in [-0.4, -0.2) is 57.6 Å². The molecule has 8 heteroatoms. The zero-order chi connectivity index (χ0) is 14.8. The molecule has 1 aliphatic rings. The Labute approximate surface area is 120 Å². The van der Waals surface area contributed by atoms with E-state index < -0.39 is 11.9 Å². The van der Waals surface area contributed by atoms with Crippen LogP contribution in [-0.2, 0) is 9.53 Å². The fourth-order valence-corrected chi connectivity index (χ4v) is 2.45. The molecule has 1 aromatic heterocycles. The van der Waals surface area contributed by atoms with Gasteiger partial charge in [-0.15, -0.1) is 0 Å². The van der Waals surface area contributed by atoms with Crippen LogP contribution in [0, 0.1) is 5.92 Å². The maximum atomic E-state index is 11.3. The molecule has 8 nitrogen and oxygen atoms in total. The molecule has 2 atom stereocenters. The van der Waals surface area contributed by atoms with E-state index in [4.69, 9.17) is 4.74 Å². The molecular formula is C13H15N5O3. The summed E-state index contributed by atoms with van der Waals surface area (Å²) in [5.74, 6) is -0.970. The highest BCUT2D eigenvalue weighted by molar-refractivity contribution is 5.72. The summed E-state index contributed by atoms with van der Waals surface area (Å²) >= 11 is 0. The average molecular weight is 289 g/mol. The van der Waals surface area contributed by atoms with Crippen molar-refractivity contribution in [3.63, 3.8) is 0 Å². The molecule has 0 saturated carbocycles. The summed E-state index contributed by atoms with van der Waals surface area (Å²) in [5, 5.41) is 20.9. The number of rotatable bonds is 4. The largest absolute Gasteiger partial charge is 0.481 e. The molecule has 1 aromatic carbocycles. The fraction of sp³-hybridized carbons (Fsp3) is 0.385. The van der Waals surface area contributed by atoms with Gasteiger partial charge in [0.1, 0.15) is 5.92 Å². The van der Waals surface area contributed by atoms with E-state index in [0.29, 0.717) is 12.6 Å². The zero-order valence-corrected chi connectivity index (χ0v) is 11.5. The molecule has 3 rings (SSSR count). The minimum atomic E-state index is -0.872. The number of ether oxygens (including phenoxy) is 1. The van der Waals surface area contributed by atoms with Crippen LogP contribution in [0.5, 0.6) is 0 Å². The van der Waals surface area contributed by atoms with Crippen LogP contribution in [0.25, 0.3) is 5.69 Å². The van der Waals surface area contributed by atoms with Gasteiger partial charge in [0.25, 0.3) is 0 Å². The van der Waals surface area contributed by atoms with Crippen molar-refractivity contribution in [2.45, 2.75) is 6.04 Å². The third kappa shape index (κ3) is 2.45. The van der Waals surface area contributed by atoms with Gasteiger partial charge in [0.15, 0.2) is 0 Å². The average Bonchev–Trinajstić information content (AvgIpc) is 3.16. The lowest BCUT2D eigenvalue weighted by molar-refractivity contribution is -0.141. The van der Waals surface area contributed by atoms with Crippen molar-refractivity contribution in [3.05, 3.63) is 30.3 Å². The molecule has 2 unspecified atom stereocenters. The fourth-order valence-electron chi connectivity index (χ4n) is 2.45. The summed E-state index contributed by atoms with van der Waals surface area (Å²) in [6, 6.07) is 9.15. The second-order valence-electron chi connectivity index (χ2n) is 4.89. The smallest absolute Gasteiger partial charge is 0.311 e. The molecule has 1 fully saturated rings. The van der Waals surface area contributed by atoms with Crippen molar-refractivity contribution in [3.8, 4) is 5.69 Å². The van der Waals surface area contributed by atoms with Crippen LogP contribution in [0.4, 0.5) is 5.95 Å². The molecular weight excluding hydrogens is 274 g/mol. The quantitative estimate of drug-likeness (QED) is 0.859. The van der Waals surface area contributed by atoms with Crippen molar-refractivity contribution in [2.75, 3.05) is 25.2 Å². The van der Waals surface area contributed by atoms with Crippen molar-refractivity contribution in [1.82, 2.24) is 20.2 Å². The van der Waals surface area contributed by atoms with Gasteiger partial charge in [-0.3, -0.25) is 4.79 Å². The van der Waals surface area contributed by atoms with Gasteiger partial charge in [-0.05, 0) is 22.6 Å². The number of aliphatic carboxylic acids is 1. The first-order valence-corrected chi connectivity index (χ1v) is 6.55. The molecule has 0 amide bonds. The molecule has 0 bridgehead atoms. The third-order valence-electron chi connectivity index (χ3n) is 3.63. The van der Waals surface area contributed by atoms with E-state index in [-0.39, 0.29) is 12.6 Å². The second kappa shape index (κ2) is 5.49. The Balaban J connectivity index is 1.91. The number of carboxylic acids is 1. The number of tetrazole rings is 1. The van der Waals surface area contributed by atoms with Crippen LogP contribution < -0.4 is 4.90 Å². The van der Waals surface area contributed by atoms with Gasteiger partial charge >= 0.3 is 5.97 Å². The molecule has 2 heterocycles. The third-order valence-corrected chi connectivity index (χ3v) is 3.63. The van der Waals surface area contributed by atoms with Gasteiger partial charge in [-0.2, -0.15) is 4.68 Å². The predicted molar refractivity (Wildman–Crippen MR) is 73.3 cm³/mol. The lowest BCUT2D eigenvalue weighted by Crippen LogP contribution is -2.42. The van der Waals surface area contributed by atoms with E-state index in [2.05, 4.69) is 15.5 Å². The number of benzene rings is 1. The highest BCUT2D eigenvalue weighted by Gasteiger charge is 2.38. The molecule has 1 aliphatic heterocycles. The first kappa shape index (κ1) is 13.5. The number of likely N-dealkylation sites (N-methyl/N-ethyl adjacent to an activating group) is 1. The summed E-state index contributed by atoms with van der Waals surface area (Å²) in [5.41, 5.74) is 0.815. The molecule has 0 aliphatic carbocycles. The van der Waals surface area contributed by atoms with Gasteiger partial charge in [-0.25, -0.2) is 0 Å². The summed E-state index contributed by atoms with van der Waals surface area (Å²) in [6.45, 7) is 0.548. The Morgan fingerprint density at radius 1 is 1.38 bits per heavy atom. The molecule has 0 spiro atoms. The van der Waals surface area contributed by atoms with Crippen LogP contribution in [0.2, 0.25) is 0 Å². The summed E-state index contributed by atoms with van der Waals surface area (Å²) in [4.78, 5) is 13.0. The first-order valence-electron chi connectivity index (χ1n) is 6.55. The number of aromatic nitrogens is 4. The van der Waals surface area contributed by atoms with Gasteiger partial charge in [-0.1, -0.05) is 23.3 Å². The SMILES string of the molecule is CN(c1nnnn1-c1ccccc1)C1COCC1C(=O)O. The van der Waals surface area contributed by atoms with E-state index >= 15 is 0 Å². The molecule has 1 saturated heterocycles. The van der Waals surface area contributed by atoms with Crippen molar-refractivity contribution in [1.29, 1.82) is 0 Å². The Kier molecular flexibility index (Phi) is 3.53. The highest BCUT2D eigenvalue weighted by Crippen LogP contribution is 2.24. The molecule has 2 aromatic rings. The molecule has 0 radical (unpaired) electrons. The summed E-state index contributed by atoms with van der Waals surface area (Å²) in [7, 11) is 1.78. The van der Waals surface area contributed by atoms with E-state index in [1.807, 2.05) is 30.3 Å². The van der Waals surface area contributed by atoms with E-state index in [0.717, 1.165) is 5.69 Å². The van der Waals surface area contributed by atoms with Gasteiger partial charge in [0.05, 0.1) is 24.9 Å². The number of anilines is 1. The van der Waals surface area contributed by atoms with Crippen molar-refractivity contribution in [2.24, 2.45) is 5.92 Å². The Hall–Kier alpha value is -2.48. The van der Waals surface area contributed by atoms with E-state index in [1.54, 1.807) is 16.6 Å². The van der Waals surface area contributed by atoms with Crippen molar-refractivity contribution >= 4 is 11.9 Å². The Morgan fingerprint density at radius 3 is 2.86 bits per heavy atom. The highest BCUT2D eigenvalue weighted by atomic mass is 16.5. The normalized spacial score (nSPS) is 21.4. The second-order valence-corrected chi connectivity index (χ2v) is 4.89. The molecule has 1 N–H and O–H groups in total. The predicted octanol–water partition coefficient (Wildman–Crippen LogP) is 0.198. The minimum Gasteiger partial charge on any atom is -0.481 e. The van der Waals surface area contributed by atoms with E-state index in [9.17, 15) is 9.90 Å². The van der Waals surface area contributed by atoms with Crippen LogP contribution >= 0.6 is 0 Å². The number of hydrogen-bond donors (Lipinski definition) is 1. The lowest BCUT2D eigenvalue weighted by atomic mass is 10.0. The number of carbonyl (C=O) groups is 1. The number of nitrogens with zero attached hydrogens (tertiary/aromatic N) is 5. The molecule has 110 valence electrons. The van der Waals surface area contributed by atoms with Crippen LogP contribution in [0.15, 0.2) is 30.3 Å². The maximum absolute atomic E-state index is 11.3. The zero-order valence-electron chi connectivity index (χ0n) is 11.5. The van der Waals surface area contributed by atoms with Crippen LogP contribution in [0.3, 0.4) is 0 Å². The monoisotopic (exact) mass is 289 g/mol. The maximum Gasteiger partial charge on any atom is 0.311 e. The first-order chi connectivity index (χ1) is 10.2. The van der Waals surface area contributed by atoms with Gasteiger partial charge < -0.3 is 14.7 Å². The summed E-state index contributed by atoms with van der Waals surface area (Å²) < 4.78 is 6.88. The number of carboxylic acid groups (broad SMARTS) is 1. The van der Waals surface area contributed by atoms with Crippen LogP contribution in [0.1, 0.15) is 0 Å². The van der Waals surface area contributed by atoms with Gasteiger partial charge in [0, 0.05) is 7.05 Å². The Morgan fingerprint density at radius 2 is 2.14 bits per heavy atom. The standard InChI is InChI=1S/C13H15N5O3/c1-17(11-8-21-7-10(11)12(19)20)13-14-15-16-18(13)9-5-3-2-4-6-9/h2-6,10-11H,7-8H2,1H3,(H,19,20). The van der Waals surface area contributed by atoms with E-state index in [1.165, 1.54) is 0 Å². The number of para-hydroxylation sites is 1. The van der Waals surface area contributed by atoms with Gasteiger partial charge in [0.2, 0.25) is 5.95 Å². The topological polar surface area (TPSA) is 93.4 Å². The number of hydrogen-bond acceptors (Lipinski definition) is 6. The Bertz CT molecular complexity index is 630. The lowest BCUT2D eigenvalue weighted by Gasteiger charge is -2.26.